The summed E-state index contributed by atoms with van der Waals surface area (Å²) in [5, 5.41) is 8.40. The van der Waals surface area contributed by atoms with Crippen LogP contribution in [0.15, 0.2) is 66.7 Å². The first-order valence-corrected chi connectivity index (χ1v) is 10.5. The zero-order chi connectivity index (χ0) is 23.1. The summed E-state index contributed by atoms with van der Waals surface area (Å²) in [5.74, 6) is -0.818. The Kier molecular flexibility index (Phi) is 7.63. The van der Waals surface area contributed by atoms with Crippen LogP contribution in [0.3, 0.4) is 0 Å². The Bertz CT molecular complexity index is 1150. The lowest BCUT2D eigenvalue weighted by Crippen LogP contribution is -2.21. The highest BCUT2D eigenvalue weighted by atomic mass is 16.5. The molecule has 0 aromatic heterocycles. The molecule has 0 saturated carbocycles. The van der Waals surface area contributed by atoms with E-state index in [0.717, 1.165) is 40.7 Å². The molecule has 0 radical (unpaired) electrons. The molecule has 1 amide bonds. The number of hydrogen-bond donors (Lipinski definition) is 2. The van der Waals surface area contributed by atoms with Gasteiger partial charge in [0.15, 0.2) is 0 Å². The van der Waals surface area contributed by atoms with E-state index in [9.17, 15) is 9.59 Å². The first-order valence-electron chi connectivity index (χ1n) is 10.5. The van der Waals surface area contributed by atoms with Gasteiger partial charge in [-0.3, -0.25) is 4.79 Å². The number of benzene rings is 3. The molecule has 3 aromatic rings. The molecule has 0 aliphatic heterocycles. The molecule has 0 bridgehead atoms. The minimum Gasteiger partial charge on any atom is -0.465 e. The molecular formula is C26H29N3O3. The number of ether oxygens (including phenoxy) is 1. The van der Waals surface area contributed by atoms with Gasteiger partial charge in [-0.2, -0.15) is 0 Å². The number of methoxy groups -OCH3 is 1. The summed E-state index contributed by atoms with van der Waals surface area (Å²) in [7, 11) is 5.32. The van der Waals surface area contributed by atoms with E-state index in [1.54, 1.807) is 18.2 Å². The molecule has 0 aliphatic carbocycles. The third-order valence-electron chi connectivity index (χ3n) is 5.12. The summed E-state index contributed by atoms with van der Waals surface area (Å²) in [6.45, 7) is 3.48. The minimum absolute atomic E-state index is 0.302. The second kappa shape index (κ2) is 10.6. The highest BCUT2D eigenvalue weighted by Crippen LogP contribution is 2.24. The van der Waals surface area contributed by atoms with Crippen LogP contribution in [0.1, 0.15) is 22.8 Å². The van der Waals surface area contributed by atoms with Crippen molar-refractivity contribution < 1.29 is 14.3 Å². The lowest BCUT2D eigenvalue weighted by Gasteiger charge is -2.14. The highest BCUT2D eigenvalue weighted by molar-refractivity contribution is 6.08. The van der Waals surface area contributed by atoms with Gasteiger partial charge in [-0.1, -0.05) is 36.4 Å². The molecule has 0 heterocycles. The van der Waals surface area contributed by atoms with Gasteiger partial charge in [-0.25, -0.2) is 4.79 Å². The standard InChI is InChI=1S/C26H29N3O3/c1-18(20-10-9-19-7-5-6-8-21(19)16-20)15-25(30)28-24-17-22(27-13-14-29(2)3)11-12-23(24)26(31)32-4/h5-12,15-17,27H,13-14H2,1-4H3,(H,28,30). The van der Waals surface area contributed by atoms with Crippen LogP contribution in [-0.4, -0.2) is 51.1 Å². The molecule has 0 aliphatic rings. The number of likely N-dealkylation sites (N-methyl/N-ethyl adjacent to an activating group) is 1. The second-order valence-corrected chi connectivity index (χ2v) is 7.86. The van der Waals surface area contributed by atoms with Crippen LogP contribution in [0, 0.1) is 0 Å². The van der Waals surface area contributed by atoms with Crippen molar-refractivity contribution in [1.29, 1.82) is 0 Å². The first-order chi connectivity index (χ1) is 15.4. The van der Waals surface area contributed by atoms with Crippen LogP contribution in [0.5, 0.6) is 0 Å². The van der Waals surface area contributed by atoms with Crippen LogP contribution < -0.4 is 10.6 Å². The molecule has 166 valence electrons. The van der Waals surface area contributed by atoms with Gasteiger partial charge in [0.1, 0.15) is 0 Å². The fourth-order valence-corrected chi connectivity index (χ4v) is 3.35. The SMILES string of the molecule is COC(=O)c1ccc(NCCN(C)C)cc1NC(=O)C=C(C)c1ccc2ccccc2c1. The Hall–Kier alpha value is -3.64. The quantitative estimate of drug-likeness (QED) is 0.402. The van der Waals surface area contributed by atoms with E-state index in [1.807, 2.05) is 51.4 Å². The number of nitrogens with zero attached hydrogens (tertiary/aromatic N) is 1. The number of nitrogens with one attached hydrogen (secondary N) is 2. The van der Waals surface area contributed by atoms with Gasteiger partial charge < -0.3 is 20.3 Å². The summed E-state index contributed by atoms with van der Waals surface area (Å²) in [6.07, 6.45) is 1.54. The van der Waals surface area contributed by atoms with Crippen LogP contribution in [0.4, 0.5) is 11.4 Å². The zero-order valence-electron chi connectivity index (χ0n) is 18.9. The van der Waals surface area contributed by atoms with E-state index in [-0.39, 0.29) is 5.91 Å². The van der Waals surface area contributed by atoms with Crippen LogP contribution >= 0.6 is 0 Å². The predicted octanol–water partition coefficient (Wildman–Crippen LogP) is 4.64. The molecule has 3 rings (SSSR count). The summed E-state index contributed by atoms with van der Waals surface area (Å²) in [5.41, 5.74) is 3.30. The van der Waals surface area contributed by atoms with Crippen molar-refractivity contribution in [2.24, 2.45) is 0 Å². The van der Waals surface area contributed by atoms with Crippen molar-refractivity contribution in [2.75, 3.05) is 44.9 Å². The monoisotopic (exact) mass is 431 g/mol. The van der Waals surface area contributed by atoms with E-state index >= 15 is 0 Å². The average Bonchev–Trinajstić information content (AvgIpc) is 2.78. The van der Waals surface area contributed by atoms with E-state index in [2.05, 4.69) is 27.7 Å². The molecule has 6 nitrogen and oxygen atoms in total. The van der Waals surface area contributed by atoms with Crippen molar-refractivity contribution in [3.63, 3.8) is 0 Å². The van der Waals surface area contributed by atoms with Crippen LogP contribution in [0.2, 0.25) is 0 Å². The molecule has 0 atom stereocenters. The van der Waals surface area contributed by atoms with E-state index in [0.29, 0.717) is 11.3 Å². The van der Waals surface area contributed by atoms with Crippen molar-refractivity contribution in [2.45, 2.75) is 6.92 Å². The third-order valence-corrected chi connectivity index (χ3v) is 5.12. The van der Waals surface area contributed by atoms with Gasteiger partial charge in [0, 0.05) is 24.9 Å². The number of esters is 1. The maximum atomic E-state index is 12.8. The normalized spacial score (nSPS) is 11.5. The van der Waals surface area contributed by atoms with E-state index in [1.165, 1.54) is 13.2 Å². The molecule has 0 unspecified atom stereocenters. The maximum Gasteiger partial charge on any atom is 0.339 e. The number of hydrogen-bond acceptors (Lipinski definition) is 5. The average molecular weight is 432 g/mol. The Morgan fingerprint density at radius 2 is 1.75 bits per heavy atom. The number of anilines is 2. The molecule has 0 spiro atoms. The van der Waals surface area contributed by atoms with Gasteiger partial charge in [0.2, 0.25) is 5.91 Å². The summed E-state index contributed by atoms with van der Waals surface area (Å²) >= 11 is 0. The minimum atomic E-state index is -0.504. The molecule has 2 N–H and O–H groups in total. The number of amides is 1. The van der Waals surface area contributed by atoms with Gasteiger partial charge in [0.05, 0.1) is 18.4 Å². The Morgan fingerprint density at radius 1 is 1.00 bits per heavy atom. The number of allylic oxidation sites excluding steroid dienone is 1. The number of fused-ring (bicyclic) bond motifs is 1. The van der Waals surface area contributed by atoms with E-state index in [4.69, 9.17) is 4.74 Å². The molecule has 32 heavy (non-hydrogen) atoms. The zero-order valence-corrected chi connectivity index (χ0v) is 18.9. The fourth-order valence-electron chi connectivity index (χ4n) is 3.35. The van der Waals surface area contributed by atoms with Gasteiger partial charge in [0.25, 0.3) is 0 Å². The molecule has 0 fully saturated rings. The lowest BCUT2D eigenvalue weighted by atomic mass is 10.0. The first kappa shape index (κ1) is 23.0. The Labute approximate surface area is 188 Å². The van der Waals surface area contributed by atoms with Gasteiger partial charge >= 0.3 is 5.97 Å². The van der Waals surface area contributed by atoms with E-state index < -0.39 is 5.97 Å². The smallest absolute Gasteiger partial charge is 0.339 e. The third kappa shape index (κ3) is 5.95. The lowest BCUT2D eigenvalue weighted by molar-refractivity contribution is -0.111. The highest BCUT2D eigenvalue weighted by Gasteiger charge is 2.14. The molecule has 6 heteroatoms. The maximum absolute atomic E-state index is 12.8. The van der Waals surface area contributed by atoms with Crippen molar-refractivity contribution in [3.8, 4) is 0 Å². The summed E-state index contributed by atoms with van der Waals surface area (Å²) in [4.78, 5) is 27.0. The Morgan fingerprint density at radius 3 is 2.47 bits per heavy atom. The van der Waals surface area contributed by atoms with Gasteiger partial charge in [-0.15, -0.1) is 0 Å². The number of carbonyl (C=O) groups excluding carboxylic acids is 2. The summed E-state index contributed by atoms with van der Waals surface area (Å²) in [6, 6.07) is 19.4. The van der Waals surface area contributed by atoms with Crippen molar-refractivity contribution in [3.05, 3.63) is 77.9 Å². The largest absolute Gasteiger partial charge is 0.465 e. The molecule has 0 saturated heterocycles. The predicted molar refractivity (Wildman–Crippen MR) is 131 cm³/mol. The second-order valence-electron chi connectivity index (χ2n) is 7.86. The van der Waals surface area contributed by atoms with Crippen LogP contribution in [-0.2, 0) is 9.53 Å². The molecule has 3 aromatic carbocycles. The molecular weight excluding hydrogens is 402 g/mol. The van der Waals surface area contributed by atoms with Crippen molar-refractivity contribution in [1.82, 2.24) is 4.90 Å². The van der Waals surface area contributed by atoms with Crippen molar-refractivity contribution >= 4 is 39.6 Å². The summed E-state index contributed by atoms with van der Waals surface area (Å²) < 4.78 is 4.87. The van der Waals surface area contributed by atoms with Crippen LogP contribution in [0.25, 0.3) is 16.3 Å². The topological polar surface area (TPSA) is 70.7 Å². The fraction of sp³-hybridized carbons (Fsp3) is 0.231. The number of carbonyl (C=O) groups is 2. The van der Waals surface area contributed by atoms with Gasteiger partial charge in [-0.05, 0) is 67.2 Å². The Balaban J connectivity index is 1.81. The number of rotatable bonds is 8.